The Hall–Kier alpha value is -3.45. The van der Waals surface area contributed by atoms with E-state index < -0.39 is 5.97 Å². The lowest BCUT2D eigenvalue weighted by Gasteiger charge is -2.18. The number of hydrogen-bond donors (Lipinski definition) is 3. The molecule has 31 heavy (non-hydrogen) atoms. The van der Waals surface area contributed by atoms with Gasteiger partial charge in [-0.1, -0.05) is 6.07 Å². The molecule has 5 rings (SSSR count). The predicted molar refractivity (Wildman–Crippen MR) is 120 cm³/mol. The highest BCUT2D eigenvalue weighted by Crippen LogP contribution is 2.33. The van der Waals surface area contributed by atoms with Gasteiger partial charge in [0.1, 0.15) is 11.5 Å². The van der Waals surface area contributed by atoms with Crippen molar-refractivity contribution in [2.45, 2.75) is 25.4 Å². The number of nitrogens with zero attached hydrogens (tertiary/aromatic N) is 2. The second-order valence-corrected chi connectivity index (χ2v) is 8.21. The van der Waals surface area contributed by atoms with Crippen LogP contribution in [0.5, 0.6) is 0 Å². The summed E-state index contributed by atoms with van der Waals surface area (Å²) in [4.78, 5) is 21.9. The molecule has 0 amide bonds. The first-order chi connectivity index (χ1) is 14.9. The van der Waals surface area contributed by atoms with E-state index in [1.807, 2.05) is 18.2 Å². The van der Waals surface area contributed by atoms with E-state index in [9.17, 15) is 14.3 Å². The molecule has 1 saturated carbocycles. The number of nitrogens with one attached hydrogen (secondary N) is 2. The van der Waals surface area contributed by atoms with Gasteiger partial charge in [-0.15, -0.1) is 0 Å². The molecule has 0 saturated heterocycles. The van der Waals surface area contributed by atoms with Crippen LogP contribution in [0, 0.1) is 5.82 Å². The number of carboxylic acid groups (broad SMARTS) is 1. The van der Waals surface area contributed by atoms with E-state index in [1.165, 1.54) is 25.0 Å². The zero-order chi connectivity index (χ0) is 21.7. The van der Waals surface area contributed by atoms with Gasteiger partial charge in [0.2, 0.25) is 0 Å². The van der Waals surface area contributed by atoms with E-state index in [-0.39, 0.29) is 11.4 Å². The number of pyridine rings is 1. The summed E-state index contributed by atoms with van der Waals surface area (Å²) in [6.45, 7) is 0.668. The lowest BCUT2D eigenvalue weighted by molar-refractivity contribution is 0.0696. The number of benzene rings is 2. The van der Waals surface area contributed by atoms with Crippen molar-refractivity contribution >= 4 is 33.6 Å². The van der Waals surface area contributed by atoms with Crippen molar-refractivity contribution in [3.63, 3.8) is 0 Å². The van der Waals surface area contributed by atoms with Crippen LogP contribution in [0.3, 0.4) is 0 Å². The molecule has 6 nitrogen and oxygen atoms in total. The van der Waals surface area contributed by atoms with Gasteiger partial charge in [-0.25, -0.2) is 14.2 Å². The van der Waals surface area contributed by atoms with E-state index >= 15 is 0 Å². The molecule has 7 heteroatoms. The van der Waals surface area contributed by atoms with Crippen LogP contribution in [0.25, 0.3) is 33.2 Å². The Morgan fingerprint density at radius 2 is 2.03 bits per heavy atom. The molecule has 2 aromatic carbocycles. The van der Waals surface area contributed by atoms with E-state index in [4.69, 9.17) is 4.98 Å². The molecule has 1 aliphatic carbocycles. The first-order valence-electron chi connectivity index (χ1n) is 10.3. The zero-order valence-electron chi connectivity index (χ0n) is 17.4. The van der Waals surface area contributed by atoms with Gasteiger partial charge in [-0.3, -0.25) is 4.90 Å². The number of carboxylic acids is 1. The fourth-order valence-electron chi connectivity index (χ4n) is 4.17. The molecule has 2 aromatic heterocycles. The van der Waals surface area contributed by atoms with E-state index in [0.717, 1.165) is 27.6 Å². The molecule has 0 radical (unpaired) electrons. The average molecular weight is 418 g/mol. The minimum atomic E-state index is -0.937. The maximum Gasteiger partial charge on any atom is 0.335 e. The van der Waals surface area contributed by atoms with E-state index in [2.05, 4.69) is 22.2 Å². The monoisotopic (exact) mass is 418 g/mol. The van der Waals surface area contributed by atoms with Crippen LogP contribution >= 0.6 is 0 Å². The highest BCUT2D eigenvalue weighted by atomic mass is 19.1. The van der Waals surface area contributed by atoms with Gasteiger partial charge in [0.05, 0.1) is 16.8 Å². The number of anilines is 1. The number of fused-ring (bicyclic) bond motifs is 2. The van der Waals surface area contributed by atoms with Crippen molar-refractivity contribution in [3.8, 4) is 11.3 Å². The van der Waals surface area contributed by atoms with Crippen LogP contribution in [0.1, 0.15) is 28.8 Å². The number of halogens is 1. The molecule has 0 atom stereocenters. The highest BCUT2D eigenvalue weighted by molar-refractivity contribution is 5.99. The Kier molecular flexibility index (Phi) is 4.63. The summed E-state index contributed by atoms with van der Waals surface area (Å²) in [6, 6.07) is 12.6. The lowest BCUT2D eigenvalue weighted by Crippen LogP contribution is -2.20. The van der Waals surface area contributed by atoms with Gasteiger partial charge >= 0.3 is 5.97 Å². The van der Waals surface area contributed by atoms with Crippen molar-refractivity contribution in [1.29, 1.82) is 0 Å². The molecule has 0 aliphatic heterocycles. The molecular weight excluding hydrogens is 395 g/mol. The first kappa shape index (κ1) is 19.5. The quantitative estimate of drug-likeness (QED) is 0.417. The fourth-order valence-corrected chi connectivity index (χ4v) is 4.17. The van der Waals surface area contributed by atoms with Crippen LogP contribution in [-0.2, 0) is 6.54 Å². The third-order valence-corrected chi connectivity index (χ3v) is 5.97. The summed E-state index contributed by atoms with van der Waals surface area (Å²) in [6.07, 6.45) is 2.36. The van der Waals surface area contributed by atoms with Crippen molar-refractivity contribution < 1.29 is 14.3 Å². The second kappa shape index (κ2) is 7.35. The molecule has 0 bridgehead atoms. The highest BCUT2D eigenvalue weighted by Gasteiger charge is 2.27. The number of aromatic carboxylic acids is 1. The Morgan fingerprint density at radius 1 is 1.23 bits per heavy atom. The summed E-state index contributed by atoms with van der Waals surface area (Å²) < 4.78 is 14.0. The Morgan fingerprint density at radius 3 is 2.74 bits per heavy atom. The number of rotatable bonds is 6. The smallest absolute Gasteiger partial charge is 0.335 e. The van der Waals surface area contributed by atoms with Crippen LogP contribution in [0.4, 0.5) is 10.1 Å². The normalized spacial score (nSPS) is 13.9. The van der Waals surface area contributed by atoms with Crippen LogP contribution < -0.4 is 5.32 Å². The number of carbonyl (C=O) groups is 1. The largest absolute Gasteiger partial charge is 0.478 e. The Labute approximate surface area is 178 Å². The van der Waals surface area contributed by atoms with Gasteiger partial charge in [-0.2, -0.15) is 0 Å². The number of hydrogen-bond acceptors (Lipinski definition) is 4. The molecule has 1 fully saturated rings. The summed E-state index contributed by atoms with van der Waals surface area (Å²) in [5.41, 5.74) is 5.06. The number of H-pyrrole nitrogens is 1. The standard InChI is InChI=1S/C24H23FN4O2/c1-26-21-11-17(25)9-14-8-15-10-20(27-23(15)28-22(14)21)19-6-3-13(24(30)31)7-16(19)12-29(2)18-4-5-18/h3,6-11,18,26H,4-5,12H2,1-2H3,(H,27,28)(H,30,31). The van der Waals surface area contributed by atoms with Crippen LogP contribution in [-0.4, -0.2) is 46.1 Å². The van der Waals surface area contributed by atoms with Gasteiger partial charge in [-0.05, 0) is 61.9 Å². The molecule has 4 aromatic rings. The second-order valence-electron chi connectivity index (χ2n) is 8.21. The van der Waals surface area contributed by atoms with Crippen molar-refractivity contribution in [2.75, 3.05) is 19.4 Å². The summed E-state index contributed by atoms with van der Waals surface area (Å²) in [5.74, 6) is -1.25. The van der Waals surface area contributed by atoms with Crippen molar-refractivity contribution in [1.82, 2.24) is 14.9 Å². The number of aromatic amines is 1. The number of aromatic nitrogens is 2. The average Bonchev–Trinajstić information content (AvgIpc) is 3.52. The molecule has 0 spiro atoms. The van der Waals surface area contributed by atoms with Gasteiger partial charge in [0.25, 0.3) is 0 Å². The zero-order valence-corrected chi connectivity index (χ0v) is 17.4. The predicted octanol–water partition coefficient (Wildman–Crippen LogP) is 4.86. The first-order valence-corrected chi connectivity index (χ1v) is 10.3. The molecular formula is C24H23FN4O2. The van der Waals surface area contributed by atoms with Gasteiger partial charge in [0.15, 0.2) is 0 Å². The third-order valence-electron chi connectivity index (χ3n) is 5.97. The maximum absolute atomic E-state index is 14.0. The van der Waals surface area contributed by atoms with Crippen LogP contribution in [0.15, 0.2) is 42.5 Å². The fraction of sp³-hybridized carbons (Fsp3) is 0.250. The summed E-state index contributed by atoms with van der Waals surface area (Å²) in [7, 11) is 3.81. The SMILES string of the molecule is CNc1cc(F)cc2cc3cc(-c4ccc(C(=O)O)cc4CN(C)C4CC4)[nH]c3nc12. The third kappa shape index (κ3) is 3.61. The lowest BCUT2D eigenvalue weighted by atomic mass is 10.0. The molecule has 0 unspecified atom stereocenters. The summed E-state index contributed by atoms with van der Waals surface area (Å²) in [5, 5.41) is 14.0. The molecule has 3 N–H and O–H groups in total. The summed E-state index contributed by atoms with van der Waals surface area (Å²) >= 11 is 0. The van der Waals surface area contributed by atoms with E-state index in [0.29, 0.717) is 29.4 Å². The maximum atomic E-state index is 14.0. The molecule has 1 aliphatic rings. The Balaban J connectivity index is 1.64. The minimum Gasteiger partial charge on any atom is -0.478 e. The van der Waals surface area contributed by atoms with Gasteiger partial charge < -0.3 is 15.4 Å². The molecule has 158 valence electrons. The van der Waals surface area contributed by atoms with Crippen molar-refractivity contribution in [2.24, 2.45) is 0 Å². The topological polar surface area (TPSA) is 81.2 Å². The minimum absolute atomic E-state index is 0.275. The molecule has 2 heterocycles. The Bertz CT molecular complexity index is 1330. The van der Waals surface area contributed by atoms with E-state index in [1.54, 1.807) is 19.2 Å². The van der Waals surface area contributed by atoms with Crippen LogP contribution in [0.2, 0.25) is 0 Å². The van der Waals surface area contributed by atoms with Crippen molar-refractivity contribution in [3.05, 3.63) is 59.4 Å². The van der Waals surface area contributed by atoms with Gasteiger partial charge in [0, 0.05) is 41.7 Å².